The van der Waals surface area contributed by atoms with Crippen LogP contribution in [0, 0.1) is 0 Å². The van der Waals surface area contributed by atoms with Gasteiger partial charge in [0.1, 0.15) is 18.8 Å². The Balaban J connectivity index is 1.92. The first-order chi connectivity index (χ1) is 15.6. The van der Waals surface area contributed by atoms with Gasteiger partial charge in [-0.05, 0) is 37.7 Å². The van der Waals surface area contributed by atoms with Crippen molar-refractivity contribution in [2.75, 3.05) is 46.4 Å². The van der Waals surface area contributed by atoms with Gasteiger partial charge in [-0.1, -0.05) is 26.8 Å². The zero-order valence-corrected chi connectivity index (χ0v) is 20.2. The van der Waals surface area contributed by atoms with E-state index in [1.807, 2.05) is 18.2 Å². The largest absolute Gasteiger partial charge is 0.493 e. The molecule has 0 amide bonds. The number of guanidine groups is 1. The van der Waals surface area contributed by atoms with E-state index < -0.39 is 0 Å². The first-order valence-corrected chi connectivity index (χ1v) is 11.6. The van der Waals surface area contributed by atoms with Crippen molar-refractivity contribution in [1.29, 1.82) is 0 Å². The highest BCUT2D eigenvalue weighted by atomic mass is 16.5. The molecular weight excluding hydrogens is 406 g/mol. The van der Waals surface area contributed by atoms with Crippen molar-refractivity contribution in [3.63, 3.8) is 0 Å². The van der Waals surface area contributed by atoms with E-state index in [9.17, 15) is 0 Å². The molecule has 1 aromatic heterocycles. The average molecular weight is 446 g/mol. The molecule has 0 spiro atoms. The van der Waals surface area contributed by atoms with Crippen LogP contribution >= 0.6 is 0 Å². The van der Waals surface area contributed by atoms with E-state index >= 15 is 0 Å². The molecule has 0 radical (unpaired) electrons. The molecule has 178 valence electrons. The SMILES string of the molecule is CCNC(=NCc1ccc(OCCN(CC)CC)c(OC)c1)NCCn1cnnc1CC. The van der Waals surface area contributed by atoms with E-state index in [-0.39, 0.29) is 0 Å². The van der Waals surface area contributed by atoms with Gasteiger partial charge in [-0.25, -0.2) is 4.99 Å². The van der Waals surface area contributed by atoms with Gasteiger partial charge in [0.05, 0.1) is 13.7 Å². The number of benzene rings is 1. The molecule has 2 N–H and O–H groups in total. The highest BCUT2D eigenvalue weighted by Crippen LogP contribution is 2.28. The summed E-state index contributed by atoms with van der Waals surface area (Å²) >= 11 is 0. The molecular formula is C23H39N7O2. The lowest BCUT2D eigenvalue weighted by atomic mass is 10.2. The number of likely N-dealkylation sites (N-methyl/N-ethyl adjacent to an activating group) is 1. The minimum Gasteiger partial charge on any atom is -0.493 e. The van der Waals surface area contributed by atoms with Gasteiger partial charge in [0.15, 0.2) is 17.5 Å². The molecule has 9 nitrogen and oxygen atoms in total. The summed E-state index contributed by atoms with van der Waals surface area (Å²) in [5.41, 5.74) is 1.06. The van der Waals surface area contributed by atoms with Gasteiger partial charge in [0.25, 0.3) is 0 Å². The average Bonchev–Trinajstić information content (AvgIpc) is 3.28. The summed E-state index contributed by atoms with van der Waals surface area (Å²) in [6, 6.07) is 5.99. The number of rotatable bonds is 14. The van der Waals surface area contributed by atoms with Crippen LogP contribution in [0.5, 0.6) is 11.5 Å². The summed E-state index contributed by atoms with van der Waals surface area (Å²) in [5, 5.41) is 14.8. The Kier molecular flexibility index (Phi) is 11.4. The maximum Gasteiger partial charge on any atom is 0.191 e. The second-order valence-corrected chi connectivity index (χ2v) is 7.28. The fourth-order valence-electron chi connectivity index (χ4n) is 3.30. The molecule has 0 aliphatic carbocycles. The van der Waals surface area contributed by atoms with E-state index in [4.69, 9.17) is 14.5 Å². The molecule has 1 aromatic carbocycles. The molecule has 0 atom stereocenters. The van der Waals surface area contributed by atoms with Crippen molar-refractivity contribution in [2.45, 2.75) is 47.2 Å². The zero-order valence-electron chi connectivity index (χ0n) is 20.2. The van der Waals surface area contributed by atoms with Crippen LogP contribution < -0.4 is 20.1 Å². The number of aromatic nitrogens is 3. The van der Waals surface area contributed by atoms with E-state index in [1.165, 1.54) is 0 Å². The van der Waals surface area contributed by atoms with Crippen LogP contribution in [-0.2, 0) is 19.5 Å². The minimum absolute atomic E-state index is 0.540. The van der Waals surface area contributed by atoms with Gasteiger partial charge >= 0.3 is 0 Å². The number of hydrogen-bond donors (Lipinski definition) is 2. The molecule has 0 fully saturated rings. The summed E-state index contributed by atoms with van der Waals surface area (Å²) in [6.45, 7) is 14.9. The molecule has 32 heavy (non-hydrogen) atoms. The molecule has 2 rings (SSSR count). The Morgan fingerprint density at radius 3 is 2.62 bits per heavy atom. The second kappa shape index (κ2) is 14.3. The fourth-order valence-corrected chi connectivity index (χ4v) is 3.30. The quantitative estimate of drug-likeness (QED) is 0.341. The van der Waals surface area contributed by atoms with Crippen molar-refractivity contribution < 1.29 is 9.47 Å². The van der Waals surface area contributed by atoms with E-state index in [2.05, 4.69) is 58.0 Å². The molecule has 0 aliphatic heterocycles. The Morgan fingerprint density at radius 1 is 1.12 bits per heavy atom. The summed E-state index contributed by atoms with van der Waals surface area (Å²) in [4.78, 5) is 7.04. The van der Waals surface area contributed by atoms with Gasteiger partial charge in [-0.3, -0.25) is 0 Å². The van der Waals surface area contributed by atoms with Crippen LogP contribution in [-0.4, -0.2) is 72.1 Å². The Hall–Kier alpha value is -2.81. The predicted octanol–water partition coefficient (Wildman–Crippen LogP) is 2.33. The smallest absolute Gasteiger partial charge is 0.191 e. The number of nitrogens with zero attached hydrogens (tertiary/aromatic N) is 5. The fraction of sp³-hybridized carbons (Fsp3) is 0.609. The summed E-state index contributed by atoms with van der Waals surface area (Å²) in [7, 11) is 1.67. The topological polar surface area (TPSA) is 88.8 Å². The van der Waals surface area contributed by atoms with Crippen molar-refractivity contribution in [3.8, 4) is 11.5 Å². The second-order valence-electron chi connectivity index (χ2n) is 7.28. The molecule has 0 bridgehead atoms. The van der Waals surface area contributed by atoms with Gasteiger partial charge in [0, 0.05) is 32.6 Å². The Labute approximate surface area is 192 Å². The van der Waals surface area contributed by atoms with Crippen molar-refractivity contribution >= 4 is 5.96 Å². The van der Waals surface area contributed by atoms with Crippen LogP contribution in [0.2, 0.25) is 0 Å². The van der Waals surface area contributed by atoms with Gasteiger partial charge < -0.3 is 29.6 Å². The molecule has 2 aromatic rings. The summed E-state index contributed by atoms with van der Waals surface area (Å²) in [6.07, 6.45) is 2.63. The predicted molar refractivity (Wildman–Crippen MR) is 128 cm³/mol. The van der Waals surface area contributed by atoms with Crippen LogP contribution in [0.15, 0.2) is 29.5 Å². The first kappa shape index (κ1) is 25.5. The lowest BCUT2D eigenvalue weighted by Gasteiger charge is -2.19. The van der Waals surface area contributed by atoms with Crippen LogP contribution in [0.3, 0.4) is 0 Å². The van der Waals surface area contributed by atoms with Crippen LogP contribution in [0.1, 0.15) is 39.1 Å². The van der Waals surface area contributed by atoms with E-state index in [1.54, 1.807) is 13.4 Å². The molecule has 1 heterocycles. The minimum atomic E-state index is 0.540. The molecule has 0 unspecified atom stereocenters. The van der Waals surface area contributed by atoms with E-state index in [0.29, 0.717) is 13.2 Å². The first-order valence-electron chi connectivity index (χ1n) is 11.6. The number of ether oxygens (including phenoxy) is 2. The van der Waals surface area contributed by atoms with Crippen molar-refractivity contribution in [3.05, 3.63) is 35.9 Å². The van der Waals surface area contributed by atoms with Crippen LogP contribution in [0.25, 0.3) is 0 Å². The third-order valence-electron chi connectivity index (χ3n) is 5.21. The third-order valence-corrected chi connectivity index (χ3v) is 5.21. The number of hydrogen-bond acceptors (Lipinski definition) is 6. The molecule has 0 aliphatic rings. The van der Waals surface area contributed by atoms with E-state index in [0.717, 1.165) is 74.5 Å². The Bertz CT molecular complexity index is 818. The summed E-state index contributed by atoms with van der Waals surface area (Å²) < 4.78 is 13.6. The monoisotopic (exact) mass is 445 g/mol. The summed E-state index contributed by atoms with van der Waals surface area (Å²) in [5.74, 6) is 3.25. The highest BCUT2D eigenvalue weighted by molar-refractivity contribution is 5.79. The van der Waals surface area contributed by atoms with Gasteiger partial charge in [-0.2, -0.15) is 0 Å². The van der Waals surface area contributed by atoms with Gasteiger partial charge in [0.2, 0.25) is 0 Å². The zero-order chi connectivity index (χ0) is 23.2. The third kappa shape index (κ3) is 8.03. The molecule has 0 saturated carbocycles. The van der Waals surface area contributed by atoms with Crippen molar-refractivity contribution in [1.82, 2.24) is 30.3 Å². The van der Waals surface area contributed by atoms with Crippen LogP contribution in [0.4, 0.5) is 0 Å². The number of nitrogens with one attached hydrogen (secondary N) is 2. The number of aryl methyl sites for hydroxylation is 1. The molecule has 9 heteroatoms. The maximum absolute atomic E-state index is 5.95. The normalized spacial score (nSPS) is 11.6. The lowest BCUT2D eigenvalue weighted by Crippen LogP contribution is -2.38. The maximum atomic E-state index is 5.95. The lowest BCUT2D eigenvalue weighted by molar-refractivity contribution is 0.217. The number of methoxy groups -OCH3 is 1. The van der Waals surface area contributed by atoms with Gasteiger partial charge in [-0.15, -0.1) is 10.2 Å². The standard InChI is InChI=1S/C23H39N7O2/c1-6-22-28-27-18-30(22)13-12-25-23(24-7-2)26-17-19-10-11-20(21(16-19)31-5)32-15-14-29(8-3)9-4/h10-11,16,18H,6-9,12-15,17H2,1-5H3,(H2,24,25,26). The Morgan fingerprint density at radius 2 is 1.94 bits per heavy atom. The van der Waals surface area contributed by atoms with Crippen molar-refractivity contribution in [2.24, 2.45) is 4.99 Å². The molecule has 0 saturated heterocycles. The number of aliphatic imine (C=N–C) groups is 1. The highest BCUT2D eigenvalue weighted by Gasteiger charge is 2.08.